The molecule has 1 rings (SSSR count). The fourth-order valence-corrected chi connectivity index (χ4v) is 1.98. The summed E-state index contributed by atoms with van der Waals surface area (Å²) in [4.78, 5) is 11.7. The van der Waals surface area contributed by atoms with Gasteiger partial charge >= 0.3 is 6.18 Å². The molecule has 2 nitrogen and oxygen atoms in total. The molecule has 0 heterocycles. The van der Waals surface area contributed by atoms with Gasteiger partial charge in [-0.25, -0.2) is 0 Å². The number of amides is 1. The lowest BCUT2D eigenvalue weighted by Crippen LogP contribution is -2.20. The fraction of sp³-hybridized carbons (Fsp3) is 0.462. The molecule has 1 aromatic carbocycles. The Kier molecular flexibility index (Phi) is 4.66. The molecule has 0 saturated heterocycles. The summed E-state index contributed by atoms with van der Waals surface area (Å²) in [6.07, 6.45) is -4.21. The number of benzene rings is 1. The molecule has 0 aromatic heterocycles. The number of halogens is 4. The Hall–Kier alpha value is -1.04. The van der Waals surface area contributed by atoms with Crippen LogP contribution in [-0.4, -0.2) is 5.91 Å². The molecule has 0 bridgehead atoms. The minimum Gasteiger partial charge on any atom is -0.326 e. The van der Waals surface area contributed by atoms with Gasteiger partial charge in [0.15, 0.2) is 0 Å². The highest BCUT2D eigenvalue weighted by Gasteiger charge is 2.33. The van der Waals surface area contributed by atoms with E-state index in [-0.39, 0.29) is 27.9 Å². The number of nitrogens with one attached hydrogen (secondary N) is 1. The summed E-state index contributed by atoms with van der Waals surface area (Å²) in [6, 6.07) is 3.63. The first-order chi connectivity index (χ1) is 8.49. The number of anilines is 1. The SMILES string of the molecule is CC(C)(C)CC(=O)Nc1ccc(Br)c(C(F)(F)F)c1. The Balaban J connectivity index is 2.89. The second kappa shape index (κ2) is 5.53. The number of alkyl halides is 3. The Morgan fingerprint density at radius 2 is 1.84 bits per heavy atom. The van der Waals surface area contributed by atoms with Crippen molar-refractivity contribution in [1.29, 1.82) is 0 Å². The highest BCUT2D eigenvalue weighted by Crippen LogP contribution is 2.36. The third-order valence-electron chi connectivity index (χ3n) is 2.25. The van der Waals surface area contributed by atoms with Crippen LogP contribution < -0.4 is 5.32 Å². The van der Waals surface area contributed by atoms with Crippen LogP contribution in [0.25, 0.3) is 0 Å². The van der Waals surface area contributed by atoms with E-state index in [0.29, 0.717) is 0 Å². The molecule has 0 unspecified atom stereocenters. The predicted octanol–water partition coefficient (Wildman–Crippen LogP) is 4.84. The second-order valence-corrected chi connectivity index (χ2v) is 6.33. The Bertz CT molecular complexity index is 478. The van der Waals surface area contributed by atoms with Crippen molar-refractivity contribution in [2.75, 3.05) is 5.32 Å². The summed E-state index contributed by atoms with van der Waals surface area (Å²) in [6.45, 7) is 5.65. The molecule has 0 saturated carbocycles. The summed E-state index contributed by atoms with van der Waals surface area (Å²) in [5, 5.41) is 2.48. The maximum atomic E-state index is 12.7. The number of hydrogen-bond donors (Lipinski definition) is 1. The van der Waals surface area contributed by atoms with Gasteiger partial charge in [0.1, 0.15) is 0 Å². The van der Waals surface area contributed by atoms with Gasteiger partial charge in [-0.1, -0.05) is 36.7 Å². The van der Waals surface area contributed by atoms with Crippen LogP contribution in [0.15, 0.2) is 22.7 Å². The molecule has 0 fully saturated rings. The van der Waals surface area contributed by atoms with Crippen LogP contribution in [-0.2, 0) is 11.0 Å². The van der Waals surface area contributed by atoms with E-state index in [1.807, 2.05) is 20.8 Å². The van der Waals surface area contributed by atoms with Gasteiger partial charge in [-0.15, -0.1) is 0 Å². The largest absolute Gasteiger partial charge is 0.417 e. The van der Waals surface area contributed by atoms with Crippen LogP contribution in [0.5, 0.6) is 0 Å². The van der Waals surface area contributed by atoms with Crippen LogP contribution in [0.1, 0.15) is 32.8 Å². The van der Waals surface area contributed by atoms with Crippen molar-refractivity contribution >= 4 is 27.5 Å². The van der Waals surface area contributed by atoms with Gasteiger partial charge in [0, 0.05) is 16.6 Å². The van der Waals surface area contributed by atoms with Crippen molar-refractivity contribution in [3.05, 3.63) is 28.2 Å². The zero-order valence-corrected chi connectivity index (χ0v) is 12.4. The molecule has 1 aromatic rings. The van der Waals surface area contributed by atoms with Gasteiger partial charge in [-0.3, -0.25) is 4.79 Å². The molecule has 1 N–H and O–H groups in total. The van der Waals surface area contributed by atoms with Crippen molar-refractivity contribution in [2.24, 2.45) is 5.41 Å². The Labute approximate surface area is 118 Å². The highest BCUT2D eigenvalue weighted by molar-refractivity contribution is 9.10. The topological polar surface area (TPSA) is 29.1 Å². The first-order valence-electron chi connectivity index (χ1n) is 5.66. The van der Waals surface area contributed by atoms with Gasteiger partial charge in [-0.05, 0) is 23.6 Å². The van der Waals surface area contributed by atoms with E-state index in [1.54, 1.807) is 0 Å². The number of rotatable bonds is 2. The lowest BCUT2D eigenvalue weighted by Gasteiger charge is -2.18. The smallest absolute Gasteiger partial charge is 0.326 e. The van der Waals surface area contributed by atoms with Crippen molar-refractivity contribution in [2.45, 2.75) is 33.4 Å². The first kappa shape index (κ1) is 16.0. The molecule has 0 aliphatic rings. The molecule has 0 atom stereocenters. The standard InChI is InChI=1S/C13H15BrF3NO/c1-12(2,3)7-11(19)18-8-4-5-10(14)9(6-8)13(15,16)17/h4-6H,7H2,1-3H3,(H,18,19). The lowest BCUT2D eigenvalue weighted by molar-refractivity contribution is -0.138. The zero-order chi connectivity index (χ0) is 14.8. The van der Waals surface area contributed by atoms with Gasteiger partial charge in [0.25, 0.3) is 0 Å². The summed E-state index contributed by atoms with van der Waals surface area (Å²) in [5.41, 5.74) is -0.877. The summed E-state index contributed by atoms with van der Waals surface area (Å²) >= 11 is 2.85. The van der Waals surface area contributed by atoms with Crippen LogP contribution >= 0.6 is 15.9 Å². The lowest BCUT2D eigenvalue weighted by atomic mass is 9.92. The minimum absolute atomic E-state index is 0.0474. The average Bonchev–Trinajstić information content (AvgIpc) is 2.16. The molecular weight excluding hydrogens is 323 g/mol. The number of hydrogen-bond acceptors (Lipinski definition) is 1. The maximum Gasteiger partial charge on any atom is 0.417 e. The third-order valence-corrected chi connectivity index (χ3v) is 2.94. The Morgan fingerprint density at radius 3 is 2.32 bits per heavy atom. The first-order valence-corrected chi connectivity index (χ1v) is 6.45. The summed E-state index contributed by atoms with van der Waals surface area (Å²) in [5.74, 6) is -0.303. The van der Waals surface area contributed by atoms with Crippen molar-refractivity contribution in [3.63, 3.8) is 0 Å². The molecule has 0 aliphatic heterocycles. The average molecular weight is 338 g/mol. The van der Waals surface area contributed by atoms with Crippen LogP contribution in [0.4, 0.5) is 18.9 Å². The molecule has 6 heteroatoms. The van der Waals surface area contributed by atoms with Crippen LogP contribution in [0.3, 0.4) is 0 Å². The van der Waals surface area contributed by atoms with E-state index in [4.69, 9.17) is 0 Å². The fourth-order valence-electron chi connectivity index (χ4n) is 1.51. The molecule has 106 valence electrons. The quantitative estimate of drug-likeness (QED) is 0.821. The number of carbonyl (C=O) groups excluding carboxylic acids is 1. The second-order valence-electron chi connectivity index (χ2n) is 5.48. The predicted molar refractivity (Wildman–Crippen MR) is 71.8 cm³/mol. The molecular formula is C13H15BrF3NO. The third kappa shape index (κ3) is 5.22. The van der Waals surface area contributed by atoms with E-state index < -0.39 is 11.7 Å². The van der Waals surface area contributed by atoms with Gasteiger partial charge in [0.05, 0.1) is 5.56 Å². The zero-order valence-electron chi connectivity index (χ0n) is 10.9. The van der Waals surface area contributed by atoms with Crippen LogP contribution in [0, 0.1) is 5.41 Å². The minimum atomic E-state index is -4.45. The van der Waals surface area contributed by atoms with Crippen molar-refractivity contribution in [1.82, 2.24) is 0 Å². The van der Waals surface area contributed by atoms with E-state index in [9.17, 15) is 18.0 Å². The Morgan fingerprint density at radius 1 is 1.26 bits per heavy atom. The molecule has 1 amide bonds. The maximum absolute atomic E-state index is 12.7. The monoisotopic (exact) mass is 337 g/mol. The molecule has 0 spiro atoms. The van der Waals surface area contributed by atoms with Crippen molar-refractivity contribution < 1.29 is 18.0 Å². The molecule has 19 heavy (non-hydrogen) atoms. The molecule has 0 aliphatic carbocycles. The number of carbonyl (C=O) groups is 1. The van der Waals surface area contributed by atoms with Gasteiger partial charge in [-0.2, -0.15) is 13.2 Å². The van der Waals surface area contributed by atoms with E-state index in [0.717, 1.165) is 6.07 Å². The van der Waals surface area contributed by atoms with E-state index in [1.165, 1.54) is 12.1 Å². The van der Waals surface area contributed by atoms with Crippen molar-refractivity contribution in [3.8, 4) is 0 Å². The summed E-state index contributed by atoms with van der Waals surface area (Å²) in [7, 11) is 0. The summed E-state index contributed by atoms with van der Waals surface area (Å²) < 4.78 is 38.0. The van der Waals surface area contributed by atoms with Gasteiger partial charge in [0.2, 0.25) is 5.91 Å². The van der Waals surface area contributed by atoms with Gasteiger partial charge < -0.3 is 5.32 Å². The van der Waals surface area contributed by atoms with Crippen LogP contribution in [0.2, 0.25) is 0 Å². The molecule has 0 radical (unpaired) electrons. The highest BCUT2D eigenvalue weighted by atomic mass is 79.9. The van der Waals surface area contributed by atoms with E-state index in [2.05, 4.69) is 21.2 Å². The normalized spacial score (nSPS) is 12.4. The van der Waals surface area contributed by atoms with E-state index >= 15 is 0 Å².